The molecular formula is C17H18ClF2N3O4S. The Balaban J connectivity index is 2.09. The minimum absolute atomic E-state index is 0.0166. The molecule has 11 heteroatoms. The predicted molar refractivity (Wildman–Crippen MR) is 103 cm³/mol. The van der Waals surface area contributed by atoms with Gasteiger partial charge in [-0.15, -0.1) is 0 Å². The van der Waals surface area contributed by atoms with Gasteiger partial charge in [-0.05, 0) is 30.3 Å². The molecule has 0 aliphatic rings. The fourth-order valence-corrected chi connectivity index (χ4v) is 3.56. The number of sulfonamides is 1. The van der Waals surface area contributed by atoms with Gasteiger partial charge in [0.15, 0.2) is 0 Å². The summed E-state index contributed by atoms with van der Waals surface area (Å²) in [7, 11) is -1.07. The quantitative estimate of drug-likeness (QED) is 0.667. The zero-order valence-corrected chi connectivity index (χ0v) is 16.5. The first-order valence-corrected chi connectivity index (χ1v) is 9.72. The van der Waals surface area contributed by atoms with Crippen LogP contribution in [-0.2, 0) is 14.8 Å². The highest BCUT2D eigenvalue weighted by Crippen LogP contribution is 2.27. The van der Waals surface area contributed by atoms with E-state index in [0.29, 0.717) is 0 Å². The highest BCUT2D eigenvalue weighted by Gasteiger charge is 2.21. The van der Waals surface area contributed by atoms with Gasteiger partial charge in [0.25, 0.3) is 0 Å². The molecule has 0 aliphatic heterocycles. The van der Waals surface area contributed by atoms with E-state index in [-0.39, 0.29) is 33.6 Å². The van der Waals surface area contributed by atoms with Crippen molar-refractivity contribution in [1.82, 2.24) is 4.31 Å². The lowest BCUT2D eigenvalue weighted by Gasteiger charge is -2.15. The Morgan fingerprint density at radius 1 is 1.21 bits per heavy atom. The van der Waals surface area contributed by atoms with Gasteiger partial charge >= 0.3 is 6.61 Å². The van der Waals surface area contributed by atoms with E-state index >= 15 is 0 Å². The Morgan fingerprint density at radius 3 is 2.54 bits per heavy atom. The molecule has 28 heavy (non-hydrogen) atoms. The fraction of sp³-hybridized carbons (Fsp3) is 0.235. The number of rotatable bonds is 8. The Bertz CT molecular complexity index is 955. The van der Waals surface area contributed by atoms with Crippen molar-refractivity contribution in [3.63, 3.8) is 0 Å². The number of carbonyl (C=O) groups is 1. The molecule has 0 spiro atoms. The van der Waals surface area contributed by atoms with Crippen molar-refractivity contribution in [2.45, 2.75) is 11.5 Å². The molecule has 1 amide bonds. The van der Waals surface area contributed by atoms with Crippen molar-refractivity contribution in [1.29, 1.82) is 0 Å². The van der Waals surface area contributed by atoms with Gasteiger partial charge in [0.2, 0.25) is 15.9 Å². The molecule has 7 nitrogen and oxygen atoms in total. The van der Waals surface area contributed by atoms with E-state index in [1.165, 1.54) is 50.5 Å². The Morgan fingerprint density at radius 2 is 1.89 bits per heavy atom. The standard InChI is InChI=1S/C17H18ClF2N3O4S/c1-23(2)28(25,26)15-9-11(7-8-12(15)18)22-16(24)10-21-13-5-3-4-6-14(13)27-17(19)20/h3-9,17,21H,10H2,1-2H3,(H,22,24). The summed E-state index contributed by atoms with van der Waals surface area (Å²) in [5.74, 6) is -0.626. The molecule has 0 fully saturated rings. The van der Waals surface area contributed by atoms with Crippen molar-refractivity contribution < 1.29 is 26.7 Å². The molecule has 0 saturated carbocycles. The van der Waals surface area contributed by atoms with Gasteiger partial charge in [-0.25, -0.2) is 12.7 Å². The number of ether oxygens (including phenoxy) is 1. The summed E-state index contributed by atoms with van der Waals surface area (Å²) in [6.07, 6.45) is 0. The normalized spacial score (nSPS) is 11.5. The lowest BCUT2D eigenvalue weighted by Crippen LogP contribution is -2.24. The molecule has 0 aromatic heterocycles. The largest absolute Gasteiger partial charge is 0.433 e. The summed E-state index contributed by atoms with van der Waals surface area (Å²) >= 11 is 5.96. The van der Waals surface area contributed by atoms with Gasteiger partial charge in [-0.3, -0.25) is 4.79 Å². The second-order valence-electron chi connectivity index (χ2n) is 5.71. The van der Waals surface area contributed by atoms with E-state index in [9.17, 15) is 22.0 Å². The summed E-state index contributed by atoms with van der Waals surface area (Å²) in [6, 6.07) is 9.97. The van der Waals surface area contributed by atoms with Crippen molar-refractivity contribution in [2.75, 3.05) is 31.3 Å². The van der Waals surface area contributed by atoms with E-state index in [2.05, 4.69) is 15.4 Å². The first kappa shape index (κ1) is 21.9. The van der Waals surface area contributed by atoms with Crippen LogP contribution in [0, 0.1) is 0 Å². The topological polar surface area (TPSA) is 87.7 Å². The molecule has 2 rings (SSSR count). The number of hydrogen-bond acceptors (Lipinski definition) is 5. The summed E-state index contributed by atoms with van der Waals surface area (Å²) in [4.78, 5) is 12.0. The lowest BCUT2D eigenvalue weighted by molar-refractivity contribution is -0.114. The number of nitrogens with one attached hydrogen (secondary N) is 2. The fourth-order valence-electron chi connectivity index (χ4n) is 2.17. The predicted octanol–water partition coefficient (Wildman–Crippen LogP) is 3.24. The average molecular weight is 434 g/mol. The molecule has 2 aromatic carbocycles. The highest BCUT2D eigenvalue weighted by molar-refractivity contribution is 7.89. The number of carbonyl (C=O) groups excluding carboxylic acids is 1. The van der Waals surface area contributed by atoms with Gasteiger partial charge in [0.1, 0.15) is 10.6 Å². The number of hydrogen-bond donors (Lipinski definition) is 2. The van der Waals surface area contributed by atoms with Crippen LogP contribution in [0.4, 0.5) is 20.2 Å². The Hall–Kier alpha value is -2.43. The monoisotopic (exact) mass is 433 g/mol. The van der Waals surface area contributed by atoms with E-state index < -0.39 is 22.5 Å². The smallest absolute Gasteiger partial charge is 0.387 e. The summed E-state index contributed by atoms with van der Waals surface area (Å²) < 4.78 is 54.7. The van der Waals surface area contributed by atoms with E-state index in [4.69, 9.17) is 11.6 Å². The van der Waals surface area contributed by atoms with Crippen LogP contribution in [0.15, 0.2) is 47.4 Å². The molecule has 0 heterocycles. The molecule has 0 radical (unpaired) electrons. The number of anilines is 2. The number of alkyl halides is 2. The number of benzene rings is 2. The summed E-state index contributed by atoms with van der Waals surface area (Å²) in [5.41, 5.74) is 0.429. The Labute approximate surface area is 166 Å². The first-order chi connectivity index (χ1) is 13.1. The van der Waals surface area contributed by atoms with E-state index in [1.54, 1.807) is 6.07 Å². The van der Waals surface area contributed by atoms with Crippen LogP contribution < -0.4 is 15.4 Å². The maximum Gasteiger partial charge on any atom is 0.387 e. The van der Waals surface area contributed by atoms with Crippen LogP contribution >= 0.6 is 11.6 Å². The van der Waals surface area contributed by atoms with Crippen molar-refractivity contribution in [3.05, 3.63) is 47.5 Å². The molecule has 0 atom stereocenters. The van der Waals surface area contributed by atoms with Gasteiger partial charge in [0, 0.05) is 19.8 Å². The first-order valence-electron chi connectivity index (χ1n) is 7.91. The second-order valence-corrected chi connectivity index (χ2v) is 8.24. The summed E-state index contributed by atoms with van der Waals surface area (Å²) in [6.45, 7) is -3.26. The minimum Gasteiger partial charge on any atom is -0.433 e. The molecule has 0 saturated heterocycles. The van der Waals surface area contributed by atoms with Crippen molar-refractivity contribution in [2.24, 2.45) is 0 Å². The average Bonchev–Trinajstić information content (AvgIpc) is 2.62. The molecule has 0 unspecified atom stereocenters. The SMILES string of the molecule is CN(C)S(=O)(=O)c1cc(NC(=O)CNc2ccccc2OC(F)F)ccc1Cl. The third-order valence-corrected chi connectivity index (χ3v) is 5.81. The number of amides is 1. The lowest BCUT2D eigenvalue weighted by atomic mass is 10.3. The molecular weight excluding hydrogens is 416 g/mol. The molecule has 152 valence electrons. The summed E-state index contributed by atoms with van der Waals surface area (Å²) in [5, 5.41) is 5.23. The maximum absolute atomic E-state index is 12.4. The van der Waals surface area contributed by atoms with Gasteiger partial charge in [0.05, 0.1) is 17.3 Å². The Kier molecular flexibility index (Phi) is 7.17. The zero-order valence-electron chi connectivity index (χ0n) is 14.9. The van der Waals surface area contributed by atoms with Gasteiger partial charge in [-0.1, -0.05) is 23.7 Å². The third-order valence-electron chi connectivity index (χ3n) is 3.52. The van der Waals surface area contributed by atoms with Crippen LogP contribution in [-0.4, -0.2) is 45.9 Å². The number of nitrogens with zero attached hydrogens (tertiary/aromatic N) is 1. The molecule has 0 bridgehead atoms. The van der Waals surface area contributed by atoms with Crippen molar-refractivity contribution in [3.8, 4) is 5.75 Å². The van der Waals surface area contributed by atoms with Crippen LogP contribution in [0.1, 0.15) is 0 Å². The van der Waals surface area contributed by atoms with Crippen molar-refractivity contribution >= 4 is 38.9 Å². The van der Waals surface area contributed by atoms with Crippen LogP contribution in [0.5, 0.6) is 5.75 Å². The second kappa shape index (κ2) is 9.18. The van der Waals surface area contributed by atoms with E-state index in [0.717, 1.165) is 4.31 Å². The van der Waals surface area contributed by atoms with E-state index in [1.807, 2.05) is 0 Å². The maximum atomic E-state index is 12.4. The van der Waals surface area contributed by atoms with Gasteiger partial charge < -0.3 is 15.4 Å². The minimum atomic E-state index is -3.79. The molecule has 0 aliphatic carbocycles. The third kappa shape index (κ3) is 5.54. The number of halogens is 3. The van der Waals surface area contributed by atoms with Crippen LogP contribution in [0.2, 0.25) is 5.02 Å². The molecule has 2 aromatic rings. The van der Waals surface area contributed by atoms with Crippen LogP contribution in [0.3, 0.4) is 0 Å². The van der Waals surface area contributed by atoms with Gasteiger partial charge in [-0.2, -0.15) is 8.78 Å². The molecule has 2 N–H and O–H groups in total. The highest BCUT2D eigenvalue weighted by atomic mass is 35.5. The zero-order chi connectivity index (χ0) is 20.9. The van der Waals surface area contributed by atoms with Crippen LogP contribution in [0.25, 0.3) is 0 Å². The number of para-hydroxylation sites is 2.